The highest BCUT2D eigenvalue weighted by Gasteiger charge is 2.25. The van der Waals surface area contributed by atoms with E-state index in [2.05, 4.69) is 5.32 Å². The number of esters is 1. The molecule has 3 aromatic rings. The first-order chi connectivity index (χ1) is 16.3. The van der Waals surface area contributed by atoms with Crippen molar-refractivity contribution >= 4 is 21.7 Å². The molecule has 34 heavy (non-hydrogen) atoms. The number of hydrogen-bond donors (Lipinski definition) is 1. The number of carbonyl (C=O) groups is 2. The maximum atomic E-state index is 13.2. The fourth-order valence-electron chi connectivity index (χ4n) is 3.37. The Hall–Kier alpha value is -3.65. The van der Waals surface area contributed by atoms with Crippen molar-refractivity contribution in [3.05, 3.63) is 90.0 Å². The first-order valence-electron chi connectivity index (χ1n) is 10.7. The smallest absolute Gasteiger partial charge is 0.328 e. The molecule has 0 saturated heterocycles. The van der Waals surface area contributed by atoms with Gasteiger partial charge in [0.2, 0.25) is 0 Å². The van der Waals surface area contributed by atoms with E-state index < -0.39 is 27.8 Å². The van der Waals surface area contributed by atoms with Gasteiger partial charge in [-0.15, -0.1) is 0 Å². The molecule has 1 unspecified atom stereocenters. The molecular formula is C26H27NO6S. The minimum absolute atomic E-state index is 0.0871. The van der Waals surface area contributed by atoms with Gasteiger partial charge in [0, 0.05) is 11.8 Å². The van der Waals surface area contributed by atoms with E-state index in [1.165, 1.54) is 7.11 Å². The van der Waals surface area contributed by atoms with E-state index in [1.54, 1.807) is 18.2 Å². The number of sulfone groups is 1. The lowest BCUT2D eigenvalue weighted by Crippen LogP contribution is -2.42. The van der Waals surface area contributed by atoms with Crippen molar-refractivity contribution in [3.8, 4) is 16.9 Å². The van der Waals surface area contributed by atoms with E-state index in [1.807, 2.05) is 60.7 Å². The average molecular weight is 482 g/mol. The van der Waals surface area contributed by atoms with E-state index in [0.717, 1.165) is 17.4 Å². The van der Waals surface area contributed by atoms with Crippen molar-refractivity contribution in [2.24, 2.45) is 0 Å². The maximum Gasteiger partial charge on any atom is 0.328 e. The summed E-state index contributed by atoms with van der Waals surface area (Å²) in [6.45, 7) is 0.372. The molecule has 3 rings (SSSR count). The summed E-state index contributed by atoms with van der Waals surface area (Å²) in [4.78, 5) is 25.3. The minimum Gasteiger partial charge on any atom is -0.489 e. The lowest BCUT2D eigenvalue weighted by molar-refractivity contribution is -0.142. The second-order valence-corrected chi connectivity index (χ2v) is 10.1. The van der Waals surface area contributed by atoms with Crippen LogP contribution < -0.4 is 10.1 Å². The summed E-state index contributed by atoms with van der Waals surface area (Å²) in [6.07, 6.45) is 0.987. The van der Waals surface area contributed by atoms with Crippen LogP contribution in [0.2, 0.25) is 0 Å². The zero-order valence-corrected chi connectivity index (χ0v) is 19.9. The molecule has 0 radical (unpaired) electrons. The van der Waals surface area contributed by atoms with E-state index >= 15 is 0 Å². The predicted molar refractivity (Wildman–Crippen MR) is 130 cm³/mol. The third-order valence-corrected chi connectivity index (χ3v) is 6.11. The molecule has 0 aromatic heterocycles. The molecule has 3 aromatic carbocycles. The number of amides is 1. The molecular weight excluding hydrogens is 454 g/mol. The summed E-state index contributed by atoms with van der Waals surface area (Å²) in [5.74, 6) is -0.899. The van der Waals surface area contributed by atoms with Crippen LogP contribution in [0.3, 0.4) is 0 Å². The molecule has 1 N–H and O–H groups in total. The van der Waals surface area contributed by atoms with Gasteiger partial charge in [0.25, 0.3) is 5.91 Å². The molecule has 0 fully saturated rings. The monoisotopic (exact) mass is 481 g/mol. The number of ether oxygens (including phenoxy) is 2. The highest BCUT2D eigenvalue weighted by atomic mass is 32.2. The Balaban J connectivity index is 1.87. The zero-order chi connectivity index (χ0) is 24.6. The molecule has 7 nitrogen and oxygen atoms in total. The quantitative estimate of drug-likeness (QED) is 0.444. The summed E-state index contributed by atoms with van der Waals surface area (Å²) < 4.78 is 33.8. The van der Waals surface area contributed by atoms with E-state index in [0.29, 0.717) is 23.5 Å². The van der Waals surface area contributed by atoms with Crippen molar-refractivity contribution in [2.75, 3.05) is 19.1 Å². The summed E-state index contributed by atoms with van der Waals surface area (Å²) in [6, 6.07) is 23.1. The molecule has 0 heterocycles. The number of methoxy groups -OCH3 is 1. The Morgan fingerprint density at radius 3 is 2.21 bits per heavy atom. The number of carbonyl (C=O) groups excluding carboxylic acids is 2. The lowest BCUT2D eigenvalue weighted by Gasteiger charge is -2.18. The van der Waals surface area contributed by atoms with Crippen LogP contribution >= 0.6 is 0 Å². The van der Waals surface area contributed by atoms with Crippen LogP contribution in [-0.4, -0.2) is 45.5 Å². The van der Waals surface area contributed by atoms with Gasteiger partial charge in [-0.05, 0) is 41.3 Å². The summed E-state index contributed by atoms with van der Waals surface area (Å²) in [5, 5.41) is 2.63. The molecule has 1 amide bonds. The van der Waals surface area contributed by atoms with Crippen molar-refractivity contribution in [2.45, 2.75) is 19.1 Å². The van der Waals surface area contributed by atoms with Gasteiger partial charge in [0.15, 0.2) is 0 Å². The molecule has 178 valence electrons. The second-order valence-electron chi connectivity index (χ2n) is 7.82. The Morgan fingerprint density at radius 1 is 0.941 bits per heavy atom. The Morgan fingerprint density at radius 2 is 1.59 bits per heavy atom. The molecule has 0 saturated carbocycles. The van der Waals surface area contributed by atoms with Crippen LogP contribution in [0.15, 0.2) is 78.9 Å². The van der Waals surface area contributed by atoms with Gasteiger partial charge in [0.05, 0.1) is 12.9 Å². The molecule has 0 aliphatic rings. The molecule has 0 bridgehead atoms. The van der Waals surface area contributed by atoms with Crippen LogP contribution in [0.5, 0.6) is 5.75 Å². The maximum absolute atomic E-state index is 13.2. The Kier molecular flexibility index (Phi) is 8.43. The van der Waals surface area contributed by atoms with Crippen LogP contribution in [0.25, 0.3) is 11.1 Å². The van der Waals surface area contributed by atoms with Crippen LogP contribution in [0.4, 0.5) is 0 Å². The molecule has 0 aliphatic carbocycles. The van der Waals surface area contributed by atoms with Gasteiger partial charge >= 0.3 is 5.97 Å². The zero-order valence-electron chi connectivity index (χ0n) is 19.1. The van der Waals surface area contributed by atoms with Gasteiger partial charge in [-0.2, -0.15) is 0 Å². The van der Waals surface area contributed by atoms with Gasteiger partial charge < -0.3 is 14.8 Å². The van der Waals surface area contributed by atoms with E-state index in [4.69, 9.17) is 9.47 Å². The minimum atomic E-state index is -3.32. The third-order valence-electron chi connectivity index (χ3n) is 5.14. The average Bonchev–Trinajstić information content (AvgIpc) is 2.85. The number of nitrogens with one attached hydrogen (secondary N) is 1. The summed E-state index contributed by atoms with van der Waals surface area (Å²) in [7, 11) is -2.13. The highest BCUT2D eigenvalue weighted by Crippen LogP contribution is 2.29. The van der Waals surface area contributed by atoms with Gasteiger partial charge in [-0.25, -0.2) is 13.2 Å². The van der Waals surface area contributed by atoms with E-state index in [9.17, 15) is 18.0 Å². The first-order valence-corrected chi connectivity index (χ1v) is 12.8. The van der Waals surface area contributed by atoms with Gasteiger partial charge in [-0.1, -0.05) is 60.7 Å². The fourth-order valence-corrected chi connectivity index (χ4v) is 4.03. The normalized spacial score (nSPS) is 11.9. The largest absolute Gasteiger partial charge is 0.489 e. The molecule has 0 aliphatic heterocycles. The molecule has 0 spiro atoms. The van der Waals surface area contributed by atoms with Crippen molar-refractivity contribution in [1.29, 1.82) is 0 Å². The summed E-state index contributed by atoms with van der Waals surface area (Å²) >= 11 is 0. The van der Waals surface area contributed by atoms with Crippen LogP contribution in [0.1, 0.15) is 22.3 Å². The molecule has 8 heteroatoms. The SMILES string of the molecule is COC(=O)C(CCS(C)(=O)=O)NC(=O)c1ccc(OCc2ccccc2)cc1-c1ccccc1. The highest BCUT2D eigenvalue weighted by molar-refractivity contribution is 7.90. The van der Waals surface area contributed by atoms with Gasteiger partial charge in [0.1, 0.15) is 28.2 Å². The second kappa shape index (κ2) is 11.5. The van der Waals surface area contributed by atoms with Gasteiger partial charge in [-0.3, -0.25) is 4.79 Å². The number of benzene rings is 3. The van der Waals surface area contributed by atoms with Crippen LogP contribution in [0, 0.1) is 0 Å². The van der Waals surface area contributed by atoms with Crippen molar-refractivity contribution in [3.63, 3.8) is 0 Å². The standard InChI is InChI=1S/C26H27NO6S/c1-32-26(29)24(15-16-34(2,30)31)27-25(28)22-14-13-21(33-18-19-9-5-3-6-10-19)17-23(22)20-11-7-4-8-12-20/h3-14,17,24H,15-16,18H2,1-2H3,(H,27,28). The van der Waals surface area contributed by atoms with Crippen LogP contribution in [-0.2, 0) is 26.0 Å². The van der Waals surface area contributed by atoms with Crippen molar-refractivity contribution < 1.29 is 27.5 Å². The Bertz CT molecular complexity index is 1230. The number of hydrogen-bond acceptors (Lipinski definition) is 6. The lowest BCUT2D eigenvalue weighted by atomic mass is 9.98. The van der Waals surface area contributed by atoms with Crippen molar-refractivity contribution in [1.82, 2.24) is 5.32 Å². The molecule has 1 atom stereocenters. The third kappa shape index (κ3) is 7.18. The van der Waals surface area contributed by atoms with E-state index in [-0.39, 0.29) is 12.2 Å². The number of rotatable bonds is 10. The topological polar surface area (TPSA) is 98.8 Å². The summed E-state index contributed by atoms with van der Waals surface area (Å²) in [5.41, 5.74) is 2.75. The predicted octanol–water partition coefficient (Wildman–Crippen LogP) is 3.64. The first kappa shape index (κ1) is 25.0. The fraction of sp³-hybridized carbons (Fsp3) is 0.231. The Labute approximate surface area is 199 Å².